The first-order valence-corrected chi connectivity index (χ1v) is 11.9. The Balaban J connectivity index is 1.41. The highest BCUT2D eigenvalue weighted by Crippen LogP contribution is 2.38. The van der Waals surface area contributed by atoms with Gasteiger partial charge in [0, 0.05) is 25.9 Å². The van der Waals surface area contributed by atoms with E-state index in [1.807, 2.05) is 49.5 Å². The molecule has 0 spiro atoms. The Morgan fingerprint density at radius 1 is 1.09 bits per heavy atom. The van der Waals surface area contributed by atoms with E-state index in [1.165, 1.54) is 5.69 Å². The van der Waals surface area contributed by atoms with Crippen LogP contribution in [0.4, 0.5) is 0 Å². The van der Waals surface area contributed by atoms with Gasteiger partial charge >= 0.3 is 0 Å². The number of aliphatic hydroxyl groups excluding tert-OH is 1. The molecular formula is C26H28Cl2N4O. The minimum absolute atomic E-state index is 0.138. The predicted octanol–water partition coefficient (Wildman–Crippen LogP) is 5.24. The average molecular weight is 483 g/mol. The molecule has 0 radical (unpaired) electrons. The molecule has 172 valence electrons. The van der Waals surface area contributed by atoms with Gasteiger partial charge in [-0.2, -0.15) is 5.26 Å². The number of imidazole rings is 1. The van der Waals surface area contributed by atoms with Crippen LogP contribution < -0.4 is 0 Å². The molecule has 0 aliphatic carbocycles. The summed E-state index contributed by atoms with van der Waals surface area (Å²) in [6.45, 7) is 5.51. The second-order valence-electron chi connectivity index (χ2n) is 9.02. The monoisotopic (exact) mass is 482 g/mol. The summed E-state index contributed by atoms with van der Waals surface area (Å²) < 4.78 is 2.24. The molecule has 1 fully saturated rings. The Morgan fingerprint density at radius 3 is 2.48 bits per heavy atom. The van der Waals surface area contributed by atoms with Gasteiger partial charge in [-0.05, 0) is 74.0 Å². The lowest BCUT2D eigenvalue weighted by Gasteiger charge is -2.41. The number of aromatic nitrogens is 2. The lowest BCUT2D eigenvalue weighted by Crippen LogP contribution is -2.43. The standard InChI is InChI=1S/C26H28Cl2N4O/c1-19-30-15-23(32(19)16-21-7-5-20(14-29)6-8-21)17-31-11-9-26(18-33,10-12-31)13-22-3-2-4-24(27)25(22)28/h2-8,15,33H,9-13,16-18H2,1H3. The van der Waals surface area contributed by atoms with Crippen LogP contribution in [-0.2, 0) is 19.5 Å². The van der Waals surface area contributed by atoms with Crippen LogP contribution in [0.5, 0.6) is 0 Å². The summed E-state index contributed by atoms with van der Waals surface area (Å²) in [6.07, 6.45) is 4.48. The van der Waals surface area contributed by atoms with Crippen molar-refractivity contribution in [3.63, 3.8) is 0 Å². The summed E-state index contributed by atoms with van der Waals surface area (Å²) in [4.78, 5) is 6.98. The van der Waals surface area contributed by atoms with Crippen LogP contribution in [0, 0.1) is 23.7 Å². The molecule has 1 saturated heterocycles. The van der Waals surface area contributed by atoms with Crippen molar-refractivity contribution < 1.29 is 5.11 Å². The summed E-state index contributed by atoms with van der Waals surface area (Å²) >= 11 is 12.6. The van der Waals surface area contributed by atoms with E-state index < -0.39 is 0 Å². The molecule has 1 aliphatic heterocycles. The number of piperidine rings is 1. The number of hydrogen-bond donors (Lipinski definition) is 1. The molecule has 4 rings (SSSR count). The number of likely N-dealkylation sites (tertiary alicyclic amines) is 1. The third kappa shape index (κ3) is 5.42. The van der Waals surface area contributed by atoms with Crippen molar-refractivity contribution in [2.45, 2.75) is 39.3 Å². The molecule has 1 N–H and O–H groups in total. The summed E-state index contributed by atoms with van der Waals surface area (Å²) in [5.74, 6) is 0.978. The van der Waals surface area contributed by atoms with Crippen LogP contribution in [0.1, 0.15) is 41.1 Å². The van der Waals surface area contributed by atoms with E-state index in [0.717, 1.165) is 62.4 Å². The molecule has 1 aliphatic rings. The fourth-order valence-electron chi connectivity index (χ4n) is 4.62. The summed E-state index contributed by atoms with van der Waals surface area (Å²) in [6, 6.07) is 15.6. The number of aryl methyl sites for hydroxylation is 1. The van der Waals surface area contributed by atoms with Gasteiger partial charge in [-0.25, -0.2) is 4.98 Å². The number of hydrogen-bond acceptors (Lipinski definition) is 4. The van der Waals surface area contributed by atoms with E-state index >= 15 is 0 Å². The normalized spacial score (nSPS) is 16.0. The van der Waals surface area contributed by atoms with Crippen LogP contribution in [0.15, 0.2) is 48.7 Å². The van der Waals surface area contributed by atoms with Crippen molar-refractivity contribution in [1.82, 2.24) is 14.5 Å². The van der Waals surface area contributed by atoms with Crippen molar-refractivity contribution in [3.05, 3.63) is 86.9 Å². The quantitative estimate of drug-likeness (QED) is 0.500. The minimum atomic E-state index is -0.177. The maximum atomic E-state index is 10.3. The Kier molecular flexibility index (Phi) is 7.41. The smallest absolute Gasteiger partial charge is 0.106 e. The first-order valence-electron chi connectivity index (χ1n) is 11.2. The maximum absolute atomic E-state index is 10.3. The van der Waals surface area contributed by atoms with Gasteiger partial charge in [0.1, 0.15) is 5.82 Å². The number of aliphatic hydroxyl groups is 1. The lowest BCUT2D eigenvalue weighted by molar-refractivity contribution is 0.0406. The second kappa shape index (κ2) is 10.3. The van der Waals surface area contributed by atoms with Gasteiger partial charge in [0.2, 0.25) is 0 Å². The number of nitriles is 1. The van der Waals surface area contributed by atoms with E-state index in [9.17, 15) is 5.11 Å². The molecule has 1 aromatic heterocycles. The fraction of sp³-hybridized carbons (Fsp3) is 0.385. The van der Waals surface area contributed by atoms with Crippen LogP contribution >= 0.6 is 23.2 Å². The van der Waals surface area contributed by atoms with Crippen molar-refractivity contribution in [2.75, 3.05) is 19.7 Å². The molecule has 0 bridgehead atoms. The lowest BCUT2D eigenvalue weighted by atomic mass is 9.74. The Bertz CT molecular complexity index is 1140. The number of rotatable bonds is 7. The van der Waals surface area contributed by atoms with Gasteiger partial charge in [0.25, 0.3) is 0 Å². The first kappa shape index (κ1) is 23.8. The molecule has 0 unspecified atom stereocenters. The van der Waals surface area contributed by atoms with Crippen LogP contribution in [0.25, 0.3) is 0 Å². The summed E-state index contributed by atoms with van der Waals surface area (Å²) in [7, 11) is 0. The highest BCUT2D eigenvalue weighted by atomic mass is 35.5. The van der Waals surface area contributed by atoms with Crippen molar-refractivity contribution >= 4 is 23.2 Å². The van der Waals surface area contributed by atoms with Crippen LogP contribution in [0.2, 0.25) is 10.0 Å². The molecule has 5 nitrogen and oxygen atoms in total. The van der Waals surface area contributed by atoms with Gasteiger partial charge in [-0.1, -0.05) is 47.5 Å². The fourth-order valence-corrected chi connectivity index (χ4v) is 5.01. The number of nitrogens with zero attached hydrogens (tertiary/aromatic N) is 4. The highest BCUT2D eigenvalue weighted by Gasteiger charge is 2.35. The Morgan fingerprint density at radius 2 is 1.82 bits per heavy atom. The number of benzene rings is 2. The zero-order chi connectivity index (χ0) is 23.4. The molecule has 2 aromatic carbocycles. The van der Waals surface area contributed by atoms with E-state index in [1.54, 1.807) is 6.07 Å². The van der Waals surface area contributed by atoms with Crippen molar-refractivity contribution in [3.8, 4) is 6.07 Å². The van der Waals surface area contributed by atoms with E-state index in [0.29, 0.717) is 15.6 Å². The molecule has 2 heterocycles. The minimum Gasteiger partial charge on any atom is -0.396 e. The summed E-state index contributed by atoms with van der Waals surface area (Å²) in [5.41, 5.74) is 3.81. The molecular weight excluding hydrogens is 455 g/mol. The third-order valence-corrected chi connectivity index (χ3v) is 7.65. The topological polar surface area (TPSA) is 65.1 Å². The van der Waals surface area contributed by atoms with Gasteiger partial charge in [-0.15, -0.1) is 0 Å². The van der Waals surface area contributed by atoms with Crippen molar-refractivity contribution in [1.29, 1.82) is 5.26 Å². The van der Waals surface area contributed by atoms with Crippen molar-refractivity contribution in [2.24, 2.45) is 5.41 Å². The molecule has 33 heavy (non-hydrogen) atoms. The molecule has 0 amide bonds. The third-order valence-electron chi connectivity index (χ3n) is 6.80. The Hall–Kier alpha value is -2.36. The molecule has 3 aromatic rings. The highest BCUT2D eigenvalue weighted by molar-refractivity contribution is 6.42. The van der Waals surface area contributed by atoms with E-state index in [2.05, 4.69) is 20.5 Å². The van der Waals surface area contributed by atoms with Crippen LogP contribution in [-0.4, -0.2) is 39.3 Å². The second-order valence-corrected chi connectivity index (χ2v) is 9.80. The number of halogens is 2. The van der Waals surface area contributed by atoms with Gasteiger partial charge in [0.05, 0.1) is 27.4 Å². The van der Waals surface area contributed by atoms with E-state index in [4.69, 9.17) is 28.5 Å². The van der Waals surface area contributed by atoms with Crippen LogP contribution in [0.3, 0.4) is 0 Å². The SMILES string of the molecule is Cc1ncc(CN2CCC(CO)(Cc3cccc(Cl)c3Cl)CC2)n1Cc1ccc(C#N)cc1. The van der Waals surface area contributed by atoms with Gasteiger partial charge in [-0.3, -0.25) is 4.90 Å². The largest absolute Gasteiger partial charge is 0.396 e. The zero-order valence-corrected chi connectivity index (χ0v) is 20.3. The van der Waals surface area contributed by atoms with Gasteiger partial charge in [0.15, 0.2) is 0 Å². The zero-order valence-electron chi connectivity index (χ0n) is 18.8. The molecule has 7 heteroatoms. The maximum Gasteiger partial charge on any atom is 0.106 e. The predicted molar refractivity (Wildman–Crippen MR) is 131 cm³/mol. The molecule has 0 atom stereocenters. The average Bonchev–Trinajstić information content (AvgIpc) is 3.17. The van der Waals surface area contributed by atoms with E-state index in [-0.39, 0.29) is 12.0 Å². The van der Waals surface area contributed by atoms with Gasteiger partial charge < -0.3 is 9.67 Å². The molecule has 0 saturated carbocycles. The Labute approximate surface area is 205 Å². The first-order chi connectivity index (χ1) is 15.9. The summed E-state index contributed by atoms with van der Waals surface area (Å²) in [5, 5.41) is 20.4.